The van der Waals surface area contributed by atoms with Crippen molar-refractivity contribution < 1.29 is 9.53 Å². The fraction of sp³-hybridized carbons (Fsp3) is 0.214. The van der Waals surface area contributed by atoms with Crippen LogP contribution in [0.4, 0.5) is 10.9 Å². The molecule has 0 amide bonds. The predicted molar refractivity (Wildman–Crippen MR) is 96.6 cm³/mol. The number of anilines is 2. The van der Waals surface area contributed by atoms with E-state index < -0.39 is 0 Å². The van der Waals surface area contributed by atoms with Crippen LogP contribution < -0.4 is 11.2 Å². The molecule has 1 aromatic heterocycles. The van der Waals surface area contributed by atoms with Crippen LogP contribution in [0.2, 0.25) is 5.02 Å². The maximum absolute atomic E-state index is 11.2. The van der Waals surface area contributed by atoms with Crippen LogP contribution in [0.15, 0.2) is 33.6 Å². The Labute approximate surface area is 147 Å². The zero-order valence-corrected chi connectivity index (χ0v) is 14.7. The van der Waals surface area contributed by atoms with Gasteiger partial charge in [-0.2, -0.15) is 5.10 Å². The molecule has 0 spiro atoms. The molecule has 0 fully saturated rings. The fourth-order valence-electron chi connectivity index (χ4n) is 1.60. The van der Waals surface area contributed by atoms with E-state index in [4.69, 9.17) is 17.3 Å². The van der Waals surface area contributed by atoms with Crippen LogP contribution in [0.1, 0.15) is 12.0 Å². The van der Waals surface area contributed by atoms with Gasteiger partial charge in [0.25, 0.3) is 0 Å². The van der Waals surface area contributed by atoms with Crippen LogP contribution in [0.25, 0.3) is 0 Å². The number of ether oxygens (including phenoxy) is 1. The number of nitrogens with zero attached hydrogens (tertiary/aromatic N) is 2. The second kappa shape index (κ2) is 8.76. The SMILES string of the molecule is COC(=O)CCSc1cccc(Cl)c1C=NNc1nc(N)cs1. The first-order valence-corrected chi connectivity index (χ1v) is 8.82. The van der Waals surface area contributed by atoms with E-state index in [0.717, 1.165) is 10.5 Å². The number of benzene rings is 1. The van der Waals surface area contributed by atoms with Gasteiger partial charge >= 0.3 is 5.97 Å². The number of carbonyl (C=O) groups excluding carboxylic acids is 1. The molecule has 2 aromatic rings. The van der Waals surface area contributed by atoms with Gasteiger partial charge in [-0.25, -0.2) is 4.98 Å². The van der Waals surface area contributed by atoms with Crippen LogP contribution in [0.3, 0.4) is 0 Å². The monoisotopic (exact) mass is 370 g/mol. The van der Waals surface area contributed by atoms with Crippen LogP contribution in [0.5, 0.6) is 0 Å². The smallest absolute Gasteiger partial charge is 0.306 e. The van der Waals surface area contributed by atoms with Gasteiger partial charge in [0.05, 0.1) is 24.8 Å². The minimum atomic E-state index is -0.238. The molecule has 9 heteroatoms. The van der Waals surface area contributed by atoms with Gasteiger partial charge in [0.1, 0.15) is 5.82 Å². The second-order valence-corrected chi connectivity index (χ2v) is 6.68. The first-order chi connectivity index (χ1) is 11.1. The van der Waals surface area contributed by atoms with Gasteiger partial charge in [-0.3, -0.25) is 10.2 Å². The van der Waals surface area contributed by atoms with Crippen molar-refractivity contribution in [2.75, 3.05) is 24.0 Å². The summed E-state index contributed by atoms with van der Waals surface area (Å²) in [4.78, 5) is 16.2. The van der Waals surface area contributed by atoms with Gasteiger partial charge in [0.2, 0.25) is 5.13 Å². The van der Waals surface area contributed by atoms with Gasteiger partial charge in [0.15, 0.2) is 0 Å². The minimum absolute atomic E-state index is 0.238. The molecule has 3 N–H and O–H groups in total. The summed E-state index contributed by atoms with van der Waals surface area (Å²) >= 11 is 9.11. The average Bonchev–Trinajstić information content (AvgIpc) is 2.95. The quantitative estimate of drug-likeness (QED) is 0.335. The van der Waals surface area contributed by atoms with Crippen molar-refractivity contribution in [3.63, 3.8) is 0 Å². The summed E-state index contributed by atoms with van der Waals surface area (Å²) in [6, 6.07) is 5.57. The van der Waals surface area contributed by atoms with Crippen molar-refractivity contribution >= 4 is 57.8 Å². The number of hydrogen-bond donors (Lipinski definition) is 2. The van der Waals surface area contributed by atoms with Crippen molar-refractivity contribution in [1.29, 1.82) is 0 Å². The van der Waals surface area contributed by atoms with E-state index in [0.29, 0.717) is 28.1 Å². The number of hydrogen-bond acceptors (Lipinski definition) is 8. The molecule has 1 heterocycles. The Hall–Kier alpha value is -1.77. The van der Waals surface area contributed by atoms with Crippen LogP contribution >= 0.6 is 34.7 Å². The highest BCUT2D eigenvalue weighted by Crippen LogP contribution is 2.28. The van der Waals surface area contributed by atoms with Gasteiger partial charge in [-0.05, 0) is 12.1 Å². The van der Waals surface area contributed by atoms with E-state index in [1.54, 1.807) is 17.7 Å². The number of thiazole rings is 1. The minimum Gasteiger partial charge on any atom is -0.469 e. The molecule has 23 heavy (non-hydrogen) atoms. The molecule has 0 aliphatic heterocycles. The number of methoxy groups -OCH3 is 1. The molecule has 0 radical (unpaired) electrons. The zero-order chi connectivity index (χ0) is 16.7. The summed E-state index contributed by atoms with van der Waals surface area (Å²) in [6.45, 7) is 0. The number of carbonyl (C=O) groups is 1. The van der Waals surface area contributed by atoms with E-state index in [1.807, 2.05) is 12.1 Å². The molecule has 122 valence electrons. The number of hydrazone groups is 1. The molecular weight excluding hydrogens is 356 g/mol. The summed E-state index contributed by atoms with van der Waals surface area (Å²) < 4.78 is 4.63. The van der Waals surface area contributed by atoms with Crippen LogP contribution in [-0.2, 0) is 9.53 Å². The van der Waals surface area contributed by atoms with E-state index >= 15 is 0 Å². The van der Waals surface area contributed by atoms with Crippen LogP contribution in [-0.4, -0.2) is 30.0 Å². The van der Waals surface area contributed by atoms with Crippen molar-refractivity contribution in [2.45, 2.75) is 11.3 Å². The lowest BCUT2D eigenvalue weighted by atomic mass is 10.2. The topological polar surface area (TPSA) is 89.6 Å². The van der Waals surface area contributed by atoms with Gasteiger partial charge in [-0.15, -0.1) is 23.1 Å². The number of nitrogen functional groups attached to an aromatic ring is 1. The lowest BCUT2D eigenvalue weighted by Crippen LogP contribution is -2.01. The predicted octanol–water partition coefficient (Wildman–Crippen LogP) is 3.48. The standard InChI is InChI=1S/C14H15ClN4O2S2/c1-21-13(20)5-6-22-11-4-2-3-10(15)9(11)7-17-19-14-18-12(16)8-23-14/h2-4,7-8H,5-6,16H2,1H3,(H,18,19). The number of rotatable bonds is 7. The first kappa shape index (κ1) is 17.6. The van der Waals surface area contributed by atoms with Crippen molar-refractivity contribution in [2.24, 2.45) is 5.10 Å². The van der Waals surface area contributed by atoms with Crippen molar-refractivity contribution in [3.8, 4) is 0 Å². The summed E-state index contributed by atoms with van der Waals surface area (Å²) in [7, 11) is 1.38. The Kier molecular flexibility index (Phi) is 6.69. The summed E-state index contributed by atoms with van der Waals surface area (Å²) in [6.07, 6.45) is 1.96. The molecule has 0 bridgehead atoms. The molecule has 0 saturated carbocycles. The Morgan fingerprint density at radius 2 is 2.43 bits per heavy atom. The molecule has 1 aromatic carbocycles. The molecule has 0 unspecified atom stereocenters. The molecule has 6 nitrogen and oxygen atoms in total. The van der Waals surface area contributed by atoms with Gasteiger partial charge < -0.3 is 10.5 Å². The van der Waals surface area contributed by atoms with Crippen LogP contribution in [0, 0.1) is 0 Å². The lowest BCUT2D eigenvalue weighted by molar-refractivity contribution is -0.140. The largest absolute Gasteiger partial charge is 0.469 e. The van der Waals surface area contributed by atoms with Gasteiger partial charge in [0, 0.05) is 21.6 Å². The summed E-state index contributed by atoms with van der Waals surface area (Å²) in [5.74, 6) is 0.812. The number of aromatic nitrogens is 1. The highest BCUT2D eigenvalue weighted by Gasteiger charge is 2.07. The molecule has 0 aliphatic carbocycles. The van der Waals surface area contributed by atoms with E-state index in [-0.39, 0.29) is 5.97 Å². The van der Waals surface area contributed by atoms with Crippen molar-refractivity contribution in [3.05, 3.63) is 34.2 Å². The third kappa shape index (κ3) is 5.42. The summed E-state index contributed by atoms with van der Waals surface area (Å²) in [5, 5.41) is 7.04. The molecule has 0 saturated heterocycles. The maximum Gasteiger partial charge on any atom is 0.306 e. The molecule has 0 aliphatic rings. The number of halogens is 1. The third-order valence-corrected chi connectivity index (χ3v) is 4.85. The molecular formula is C14H15ClN4O2S2. The Balaban J connectivity index is 2.03. The Morgan fingerprint density at radius 3 is 3.13 bits per heavy atom. The number of thioether (sulfide) groups is 1. The maximum atomic E-state index is 11.2. The second-order valence-electron chi connectivity index (χ2n) is 4.27. The van der Waals surface area contributed by atoms with Crippen molar-refractivity contribution in [1.82, 2.24) is 4.98 Å². The fourth-order valence-corrected chi connectivity index (χ4v) is 3.41. The molecule has 0 atom stereocenters. The summed E-state index contributed by atoms with van der Waals surface area (Å²) in [5.41, 5.74) is 9.13. The third-order valence-electron chi connectivity index (χ3n) is 2.68. The zero-order valence-electron chi connectivity index (χ0n) is 12.3. The number of esters is 1. The average molecular weight is 371 g/mol. The van der Waals surface area contributed by atoms with E-state index in [2.05, 4.69) is 20.2 Å². The number of nitrogens with two attached hydrogens (primary N) is 1. The lowest BCUT2D eigenvalue weighted by Gasteiger charge is -2.07. The highest BCUT2D eigenvalue weighted by molar-refractivity contribution is 7.99. The highest BCUT2D eigenvalue weighted by atomic mass is 35.5. The first-order valence-electron chi connectivity index (χ1n) is 6.58. The Bertz CT molecular complexity index is 706. The van der Waals surface area contributed by atoms with E-state index in [1.165, 1.54) is 30.2 Å². The van der Waals surface area contributed by atoms with E-state index in [9.17, 15) is 4.79 Å². The van der Waals surface area contributed by atoms with Gasteiger partial charge in [-0.1, -0.05) is 17.7 Å². The normalized spacial score (nSPS) is 10.9. The Morgan fingerprint density at radius 1 is 1.61 bits per heavy atom. The molecule has 2 rings (SSSR count). The number of nitrogens with one attached hydrogen (secondary N) is 1.